The molecule has 94 valence electrons. The van der Waals surface area contributed by atoms with E-state index in [1.807, 2.05) is 0 Å². The summed E-state index contributed by atoms with van der Waals surface area (Å²) in [5, 5.41) is 8.94. The molecule has 1 rings (SSSR count). The van der Waals surface area contributed by atoms with Crippen LogP contribution in [0.4, 0.5) is 0 Å². The molecule has 17 heavy (non-hydrogen) atoms. The predicted octanol–water partition coefficient (Wildman–Crippen LogP) is 0.229. The fourth-order valence-electron chi connectivity index (χ4n) is 1.83. The van der Waals surface area contributed by atoms with Crippen LogP contribution in [-0.2, 0) is 14.3 Å². The number of ether oxygens (including phenoxy) is 1. The molecule has 1 fully saturated rings. The topological polar surface area (TPSA) is 66.8 Å². The van der Waals surface area contributed by atoms with Crippen LogP contribution in [0, 0.1) is 0 Å². The van der Waals surface area contributed by atoms with E-state index in [0.29, 0.717) is 13.0 Å². The van der Waals surface area contributed by atoms with Crippen LogP contribution in [0.2, 0.25) is 0 Å². The number of nitrogens with zero attached hydrogens (tertiary/aromatic N) is 1. The molecule has 5 nitrogen and oxygen atoms in total. The first-order valence-corrected chi connectivity index (χ1v) is 5.48. The van der Waals surface area contributed by atoms with Crippen LogP contribution >= 0.6 is 0 Å². The number of carboxylic acids is 1. The molecule has 0 amide bonds. The van der Waals surface area contributed by atoms with E-state index in [9.17, 15) is 9.59 Å². The van der Waals surface area contributed by atoms with Gasteiger partial charge in [0.05, 0.1) is 6.54 Å². The third-order valence-electron chi connectivity index (χ3n) is 2.40. The minimum atomic E-state index is -0.860. The molecule has 1 unspecified atom stereocenters. The average Bonchev–Trinajstić information content (AvgIpc) is 2.47. The van der Waals surface area contributed by atoms with Gasteiger partial charge in [0.25, 0.3) is 0 Å². The Balaban J connectivity index is 0.00000256. The first-order chi connectivity index (χ1) is 7.29. The molecule has 1 heterocycles. The van der Waals surface area contributed by atoms with Crippen molar-refractivity contribution >= 4 is 30.8 Å². The predicted molar refractivity (Wildman–Crippen MR) is 65.2 cm³/mol. The molecule has 0 aliphatic carbocycles. The van der Waals surface area contributed by atoms with Crippen molar-refractivity contribution in [2.45, 2.75) is 45.3 Å². The monoisotopic (exact) mass is 237 g/mol. The molecule has 1 aliphatic heterocycles. The number of rotatable bonds is 3. The fourth-order valence-corrected chi connectivity index (χ4v) is 1.83. The summed E-state index contributed by atoms with van der Waals surface area (Å²) in [4.78, 5) is 24.1. The molecule has 6 heteroatoms. The Morgan fingerprint density at radius 2 is 2.00 bits per heavy atom. The SMILES string of the molecule is CC(C)(C)OC(=O)CN1CCCC1C(=O)O.[LiH]. The van der Waals surface area contributed by atoms with E-state index in [4.69, 9.17) is 9.84 Å². The molecule has 0 bridgehead atoms. The number of carbonyl (C=O) groups excluding carboxylic acids is 1. The van der Waals surface area contributed by atoms with Crippen molar-refractivity contribution < 1.29 is 19.4 Å². The summed E-state index contributed by atoms with van der Waals surface area (Å²) in [5.74, 6) is -1.22. The molecule has 1 saturated heterocycles. The summed E-state index contributed by atoms with van der Waals surface area (Å²) in [6.45, 7) is 6.10. The van der Waals surface area contributed by atoms with Crippen molar-refractivity contribution in [1.82, 2.24) is 4.90 Å². The van der Waals surface area contributed by atoms with Crippen LogP contribution in [0.5, 0.6) is 0 Å². The summed E-state index contributed by atoms with van der Waals surface area (Å²) < 4.78 is 5.15. The normalized spacial score (nSPS) is 20.8. The van der Waals surface area contributed by atoms with Gasteiger partial charge in [-0.15, -0.1) is 0 Å². The molecule has 0 aromatic rings. The Morgan fingerprint density at radius 3 is 2.47 bits per heavy atom. The van der Waals surface area contributed by atoms with Crippen molar-refractivity contribution in [1.29, 1.82) is 0 Å². The van der Waals surface area contributed by atoms with Gasteiger partial charge in [-0.25, -0.2) is 0 Å². The minimum absolute atomic E-state index is 0. The first-order valence-electron chi connectivity index (χ1n) is 5.48. The van der Waals surface area contributed by atoms with Crippen LogP contribution in [0.25, 0.3) is 0 Å². The Kier molecular flexibility index (Phi) is 6.25. The second kappa shape index (κ2) is 6.44. The van der Waals surface area contributed by atoms with Gasteiger partial charge in [0, 0.05) is 0 Å². The van der Waals surface area contributed by atoms with E-state index in [-0.39, 0.29) is 31.4 Å². The van der Waals surface area contributed by atoms with E-state index in [2.05, 4.69) is 0 Å². The van der Waals surface area contributed by atoms with Gasteiger partial charge in [-0.05, 0) is 40.2 Å². The average molecular weight is 237 g/mol. The summed E-state index contributed by atoms with van der Waals surface area (Å²) in [7, 11) is 0. The number of carbonyl (C=O) groups is 2. The number of likely N-dealkylation sites (tertiary alicyclic amines) is 1. The maximum absolute atomic E-state index is 11.5. The maximum atomic E-state index is 11.5. The van der Waals surface area contributed by atoms with Crippen molar-refractivity contribution in [3.05, 3.63) is 0 Å². The van der Waals surface area contributed by atoms with Crippen molar-refractivity contribution in [2.75, 3.05) is 13.1 Å². The Morgan fingerprint density at radius 1 is 1.41 bits per heavy atom. The zero-order chi connectivity index (χ0) is 12.3. The van der Waals surface area contributed by atoms with Crippen molar-refractivity contribution in [2.24, 2.45) is 0 Å². The molecule has 0 saturated carbocycles. The Hall–Kier alpha value is -0.503. The fraction of sp³-hybridized carbons (Fsp3) is 0.818. The van der Waals surface area contributed by atoms with E-state index in [1.54, 1.807) is 25.7 Å². The number of hydrogen-bond donors (Lipinski definition) is 1. The van der Waals surface area contributed by atoms with Gasteiger partial charge in [-0.3, -0.25) is 14.5 Å². The first kappa shape index (κ1) is 16.5. The third-order valence-corrected chi connectivity index (χ3v) is 2.40. The second-order valence-corrected chi connectivity index (χ2v) is 5.05. The van der Waals surface area contributed by atoms with Gasteiger partial charge in [-0.1, -0.05) is 0 Å². The molecule has 1 aliphatic rings. The van der Waals surface area contributed by atoms with Gasteiger partial charge >= 0.3 is 30.8 Å². The van der Waals surface area contributed by atoms with Gasteiger partial charge < -0.3 is 9.84 Å². The molecule has 1 atom stereocenters. The zero-order valence-electron chi connectivity index (χ0n) is 10.0. The van der Waals surface area contributed by atoms with Crippen molar-refractivity contribution in [3.63, 3.8) is 0 Å². The van der Waals surface area contributed by atoms with Crippen LogP contribution in [0.3, 0.4) is 0 Å². The number of aliphatic carboxylic acids is 1. The van der Waals surface area contributed by atoms with Crippen LogP contribution in [0.15, 0.2) is 0 Å². The molecule has 0 radical (unpaired) electrons. The zero-order valence-corrected chi connectivity index (χ0v) is 10.0. The Labute approximate surface area is 114 Å². The van der Waals surface area contributed by atoms with Gasteiger partial charge in [0.15, 0.2) is 0 Å². The summed E-state index contributed by atoms with van der Waals surface area (Å²) in [6.07, 6.45) is 1.43. The van der Waals surface area contributed by atoms with Crippen LogP contribution in [-0.4, -0.2) is 65.5 Å². The summed E-state index contributed by atoms with van der Waals surface area (Å²) in [6, 6.07) is -0.535. The number of carboxylic acid groups (broad SMARTS) is 1. The standard InChI is InChI=1S/C11H19NO4.Li.H/c1-11(2,3)16-9(13)7-12-6-4-5-8(12)10(14)15;;/h8H,4-7H2,1-3H3,(H,14,15);;. The molecule has 1 N–H and O–H groups in total. The third kappa shape index (κ3) is 5.58. The van der Waals surface area contributed by atoms with E-state index in [0.717, 1.165) is 6.42 Å². The van der Waals surface area contributed by atoms with Crippen LogP contribution < -0.4 is 0 Å². The second-order valence-electron chi connectivity index (χ2n) is 5.05. The van der Waals surface area contributed by atoms with Gasteiger partial charge in [0.1, 0.15) is 11.6 Å². The van der Waals surface area contributed by atoms with Gasteiger partial charge in [0.2, 0.25) is 0 Å². The molecule has 0 aromatic heterocycles. The van der Waals surface area contributed by atoms with Crippen LogP contribution in [0.1, 0.15) is 33.6 Å². The van der Waals surface area contributed by atoms with Crippen molar-refractivity contribution in [3.8, 4) is 0 Å². The number of hydrogen-bond acceptors (Lipinski definition) is 4. The van der Waals surface area contributed by atoms with Gasteiger partial charge in [-0.2, -0.15) is 0 Å². The molecule has 0 aromatic carbocycles. The molecular weight excluding hydrogens is 217 g/mol. The number of esters is 1. The van der Waals surface area contributed by atoms with E-state index < -0.39 is 17.6 Å². The quantitative estimate of drug-likeness (QED) is 0.562. The Bertz CT molecular complexity index is 288. The van der Waals surface area contributed by atoms with E-state index in [1.165, 1.54) is 0 Å². The summed E-state index contributed by atoms with van der Waals surface area (Å²) >= 11 is 0. The summed E-state index contributed by atoms with van der Waals surface area (Å²) in [5.41, 5.74) is -0.518. The van der Waals surface area contributed by atoms with E-state index >= 15 is 0 Å². The molecular formula is C11H20LiNO4. The molecule has 0 spiro atoms.